The van der Waals surface area contributed by atoms with Crippen LogP contribution in [-0.2, 0) is 10.2 Å². The lowest BCUT2D eigenvalue weighted by Gasteiger charge is -2.36. The minimum Gasteiger partial charge on any atom is -0.393 e. The molecule has 0 bridgehead atoms. The Hall–Kier alpha value is -1.35. The molecule has 0 spiro atoms. The molecule has 1 heterocycles. The fourth-order valence-electron chi connectivity index (χ4n) is 2.44. The first-order valence-electron chi connectivity index (χ1n) is 6.55. The molecule has 0 atom stereocenters. The van der Waals surface area contributed by atoms with Gasteiger partial charge in [-0.3, -0.25) is 4.79 Å². The summed E-state index contributed by atoms with van der Waals surface area (Å²) < 4.78 is 0. The molecular formula is C15H21NO2. The second-order valence-electron chi connectivity index (χ2n) is 5.51. The van der Waals surface area contributed by atoms with E-state index in [0.717, 1.165) is 5.56 Å². The van der Waals surface area contributed by atoms with Crippen LogP contribution in [0.15, 0.2) is 30.3 Å². The van der Waals surface area contributed by atoms with Crippen molar-refractivity contribution in [3.8, 4) is 0 Å². The van der Waals surface area contributed by atoms with Gasteiger partial charge in [-0.1, -0.05) is 30.3 Å². The average molecular weight is 247 g/mol. The smallest absolute Gasteiger partial charge is 0.232 e. The third-order valence-electron chi connectivity index (χ3n) is 3.78. The molecule has 1 aromatic carbocycles. The van der Waals surface area contributed by atoms with Gasteiger partial charge in [-0.25, -0.2) is 0 Å². The maximum atomic E-state index is 12.6. The minimum absolute atomic E-state index is 0.153. The van der Waals surface area contributed by atoms with Crippen LogP contribution in [0.25, 0.3) is 0 Å². The Labute approximate surface area is 108 Å². The quantitative estimate of drug-likeness (QED) is 0.867. The molecule has 2 rings (SSSR count). The molecule has 1 aromatic rings. The van der Waals surface area contributed by atoms with Gasteiger partial charge in [-0.05, 0) is 32.3 Å². The highest BCUT2D eigenvalue weighted by atomic mass is 16.3. The number of rotatable bonds is 2. The van der Waals surface area contributed by atoms with Crippen LogP contribution in [-0.4, -0.2) is 35.1 Å². The van der Waals surface area contributed by atoms with Gasteiger partial charge in [-0.2, -0.15) is 0 Å². The average Bonchev–Trinajstić information content (AvgIpc) is 2.40. The topological polar surface area (TPSA) is 40.5 Å². The number of piperidine rings is 1. The summed E-state index contributed by atoms with van der Waals surface area (Å²) in [6.45, 7) is 5.26. The van der Waals surface area contributed by atoms with Gasteiger partial charge in [0.1, 0.15) is 0 Å². The molecule has 18 heavy (non-hydrogen) atoms. The Balaban J connectivity index is 2.13. The highest BCUT2D eigenvalue weighted by molar-refractivity contribution is 5.87. The highest BCUT2D eigenvalue weighted by Gasteiger charge is 2.34. The molecule has 3 heteroatoms. The number of benzene rings is 1. The zero-order valence-corrected chi connectivity index (χ0v) is 11.1. The zero-order chi connectivity index (χ0) is 13.2. The summed E-state index contributed by atoms with van der Waals surface area (Å²) in [7, 11) is 0. The zero-order valence-electron chi connectivity index (χ0n) is 11.1. The van der Waals surface area contributed by atoms with Crippen molar-refractivity contribution in [1.29, 1.82) is 0 Å². The van der Waals surface area contributed by atoms with Gasteiger partial charge in [0.05, 0.1) is 11.5 Å². The molecular weight excluding hydrogens is 226 g/mol. The molecule has 0 aromatic heterocycles. The predicted octanol–water partition coefficient (Wildman–Crippen LogP) is 1.95. The van der Waals surface area contributed by atoms with Gasteiger partial charge >= 0.3 is 0 Å². The SMILES string of the molecule is CC(C)(C(=O)N1CCC(O)CC1)c1ccccc1. The van der Waals surface area contributed by atoms with Gasteiger partial charge in [0.15, 0.2) is 0 Å². The van der Waals surface area contributed by atoms with Crippen molar-refractivity contribution >= 4 is 5.91 Å². The maximum Gasteiger partial charge on any atom is 0.232 e. The van der Waals surface area contributed by atoms with E-state index in [4.69, 9.17) is 0 Å². The molecule has 1 amide bonds. The number of amides is 1. The molecule has 0 unspecified atom stereocenters. The van der Waals surface area contributed by atoms with Crippen molar-refractivity contribution < 1.29 is 9.90 Å². The number of carbonyl (C=O) groups is 1. The summed E-state index contributed by atoms with van der Waals surface area (Å²) >= 11 is 0. The molecule has 1 aliphatic heterocycles. The third-order valence-corrected chi connectivity index (χ3v) is 3.78. The van der Waals surface area contributed by atoms with Crippen LogP contribution >= 0.6 is 0 Å². The number of carbonyl (C=O) groups excluding carboxylic acids is 1. The molecule has 1 saturated heterocycles. The van der Waals surface area contributed by atoms with E-state index in [9.17, 15) is 9.90 Å². The van der Waals surface area contributed by atoms with Gasteiger partial charge in [0.25, 0.3) is 0 Å². The standard InChI is InChI=1S/C15H21NO2/c1-15(2,12-6-4-3-5-7-12)14(18)16-10-8-13(17)9-11-16/h3-7,13,17H,8-11H2,1-2H3. The normalized spacial score (nSPS) is 17.8. The molecule has 1 aliphatic rings. The van der Waals surface area contributed by atoms with E-state index < -0.39 is 5.41 Å². The van der Waals surface area contributed by atoms with Crippen molar-refractivity contribution in [3.63, 3.8) is 0 Å². The molecule has 0 aliphatic carbocycles. The van der Waals surface area contributed by atoms with Crippen molar-refractivity contribution in [2.24, 2.45) is 0 Å². The largest absolute Gasteiger partial charge is 0.393 e. The Morgan fingerprint density at radius 3 is 2.33 bits per heavy atom. The number of hydrogen-bond donors (Lipinski definition) is 1. The summed E-state index contributed by atoms with van der Waals surface area (Å²) in [4.78, 5) is 14.4. The van der Waals surface area contributed by atoms with Crippen LogP contribution in [0.5, 0.6) is 0 Å². The molecule has 1 N–H and O–H groups in total. The number of nitrogens with zero attached hydrogens (tertiary/aromatic N) is 1. The van der Waals surface area contributed by atoms with E-state index in [1.54, 1.807) is 0 Å². The van der Waals surface area contributed by atoms with Gasteiger partial charge in [0, 0.05) is 13.1 Å². The fraction of sp³-hybridized carbons (Fsp3) is 0.533. The van der Waals surface area contributed by atoms with E-state index in [1.807, 2.05) is 49.1 Å². The summed E-state index contributed by atoms with van der Waals surface area (Å²) in [5.74, 6) is 0.153. The van der Waals surface area contributed by atoms with Crippen LogP contribution in [0, 0.1) is 0 Å². The molecule has 1 fully saturated rings. The maximum absolute atomic E-state index is 12.6. The first-order chi connectivity index (χ1) is 8.51. The van der Waals surface area contributed by atoms with Gasteiger partial charge in [0.2, 0.25) is 5.91 Å². The van der Waals surface area contributed by atoms with Crippen LogP contribution < -0.4 is 0 Å². The van der Waals surface area contributed by atoms with Gasteiger partial charge < -0.3 is 10.0 Å². The van der Waals surface area contributed by atoms with Crippen molar-refractivity contribution in [2.75, 3.05) is 13.1 Å². The third kappa shape index (κ3) is 2.56. The van der Waals surface area contributed by atoms with Crippen molar-refractivity contribution in [3.05, 3.63) is 35.9 Å². The molecule has 0 saturated carbocycles. The van der Waals surface area contributed by atoms with Crippen molar-refractivity contribution in [1.82, 2.24) is 4.90 Å². The van der Waals surface area contributed by atoms with Crippen LogP contribution in [0.2, 0.25) is 0 Å². The Morgan fingerprint density at radius 1 is 1.22 bits per heavy atom. The molecule has 0 radical (unpaired) electrons. The van der Waals surface area contributed by atoms with Gasteiger partial charge in [-0.15, -0.1) is 0 Å². The van der Waals surface area contributed by atoms with E-state index in [-0.39, 0.29) is 12.0 Å². The van der Waals surface area contributed by atoms with Crippen LogP contribution in [0.3, 0.4) is 0 Å². The first kappa shape index (κ1) is 13.1. The summed E-state index contributed by atoms with van der Waals surface area (Å²) in [5.41, 5.74) is 0.546. The Bertz CT molecular complexity index is 406. The monoisotopic (exact) mass is 247 g/mol. The van der Waals surface area contributed by atoms with Crippen LogP contribution in [0.4, 0.5) is 0 Å². The Morgan fingerprint density at radius 2 is 1.78 bits per heavy atom. The fourth-order valence-corrected chi connectivity index (χ4v) is 2.44. The van der Waals surface area contributed by atoms with E-state index >= 15 is 0 Å². The van der Waals surface area contributed by atoms with E-state index in [2.05, 4.69) is 0 Å². The predicted molar refractivity (Wildman–Crippen MR) is 71.3 cm³/mol. The number of hydrogen-bond acceptors (Lipinski definition) is 2. The minimum atomic E-state index is -0.496. The highest BCUT2D eigenvalue weighted by Crippen LogP contribution is 2.27. The lowest BCUT2D eigenvalue weighted by molar-refractivity contribution is -0.138. The Kier molecular flexibility index (Phi) is 3.71. The summed E-state index contributed by atoms with van der Waals surface area (Å²) in [6, 6.07) is 9.88. The summed E-state index contributed by atoms with van der Waals surface area (Å²) in [5, 5.41) is 9.49. The van der Waals surface area contributed by atoms with Crippen molar-refractivity contribution in [2.45, 2.75) is 38.2 Å². The molecule has 98 valence electrons. The lowest BCUT2D eigenvalue weighted by Crippen LogP contribution is -2.47. The van der Waals surface area contributed by atoms with E-state index in [0.29, 0.717) is 25.9 Å². The second kappa shape index (κ2) is 5.11. The molecule has 3 nitrogen and oxygen atoms in total. The first-order valence-corrected chi connectivity index (χ1v) is 6.55. The lowest BCUT2D eigenvalue weighted by atomic mass is 9.82. The number of aliphatic hydroxyl groups excluding tert-OH is 1. The van der Waals surface area contributed by atoms with Crippen LogP contribution in [0.1, 0.15) is 32.3 Å². The number of likely N-dealkylation sites (tertiary alicyclic amines) is 1. The van der Waals surface area contributed by atoms with E-state index in [1.165, 1.54) is 0 Å². The second-order valence-corrected chi connectivity index (χ2v) is 5.51. The summed E-state index contributed by atoms with van der Waals surface area (Å²) in [6.07, 6.45) is 1.14. The number of aliphatic hydroxyl groups is 1.